The number of nitrogens with one attached hydrogen (secondary N) is 1. The third kappa shape index (κ3) is 5.56. The molecule has 0 spiro atoms. The molecular weight excluding hydrogens is 447 g/mol. The molecule has 1 aromatic heterocycles. The lowest BCUT2D eigenvalue weighted by atomic mass is 10.0. The third-order valence-corrected chi connectivity index (χ3v) is 4.67. The zero-order valence-electron chi connectivity index (χ0n) is 17.7. The van der Waals surface area contributed by atoms with Gasteiger partial charge in [-0.05, 0) is 12.1 Å². The van der Waals surface area contributed by atoms with E-state index in [1.165, 1.54) is 19.2 Å². The van der Waals surface area contributed by atoms with Gasteiger partial charge in [0.15, 0.2) is 0 Å². The Kier molecular flexibility index (Phi) is 9.07. The van der Waals surface area contributed by atoms with Crippen molar-refractivity contribution in [3.05, 3.63) is 45.7 Å². The maximum absolute atomic E-state index is 11.8. The zero-order valence-corrected chi connectivity index (χ0v) is 19.3. The zero-order chi connectivity index (χ0) is 21.2. The van der Waals surface area contributed by atoms with E-state index in [1.807, 2.05) is 12.1 Å². The Labute approximate surface area is 192 Å². The number of methoxy groups -OCH3 is 2. The second-order valence-electron chi connectivity index (χ2n) is 7.19. The van der Waals surface area contributed by atoms with Crippen LogP contribution >= 0.6 is 24.8 Å². The molecule has 0 bridgehead atoms. The van der Waals surface area contributed by atoms with Crippen LogP contribution < -0.4 is 14.8 Å². The summed E-state index contributed by atoms with van der Waals surface area (Å²) in [5, 5.41) is 27.9. The van der Waals surface area contributed by atoms with Crippen LogP contribution in [-0.2, 0) is 0 Å². The number of benzene rings is 2. The van der Waals surface area contributed by atoms with Crippen molar-refractivity contribution in [1.29, 1.82) is 0 Å². The van der Waals surface area contributed by atoms with Crippen LogP contribution in [0.15, 0.2) is 30.3 Å². The van der Waals surface area contributed by atoms with Gasteiger partial charge in [0.1, 0.15) is 27.9 Å². The first-order valence-corrected chi connectivity index (χ1v) is 9.16. The second-order valence-corrected chi connectivity index (χ2v) is 7.19. The van der Waals surface area contributed by atoms with Crippen molar-refractivity contribution in [2.24, 2.45) is 0 Å². The Bertz CT molecular complexity index is 1070. The van der Waals surface area contributed by atoms with Crippen molar-refractivity contribution in [1.82, 2.24) is 4.98 Å². The average Bonchev–Trinajstić information content (AvgIpc) is 2.68. The minimum atomic E-state index is -0.432. The average molecular weight is 473 g/mol. The van der Waals surface area contributed by atoms with E-state index in [9.17, 15) is 15.3 Å². The summed E-state index contributed by atoms with van der Waals surface area (Å²) in [6.45, 7) is 0.895. The molecule has 0 aliphatic carbocycles. The Hall–Kier alpha value is -2.59. The lowest BCUT2D eigenvalue weighted by molar-refractivity contribution is -0.839. The number of rotatable bonds is 8. The Morgan fingerprint density at radius 1 is 1.06 bits per heavy atom. The smallest absolute Gasteiger partial charge is 0.281 e. The minimum absolute atomic E-state index is 0. The molecule has 0 saturated heterocycles. The van der Waals surface area contributed by atoms with E-state index < -0.39 is 9.57 Å². The molecule has 0 aliphatic heterocycles. The topological polar surface area (TPSA) is 110 Å². The van der Waals surface area contributed by atoms with Crippen LogP contribution in [-0.4, -0.2) is 56.0 Å². The normalized spacial score (nSPS) is 10.9. The molecule has 0 amide bonds. The fourth-order valence-electron chi connectivity index (χ4n) is 3.34. The highest BCUT2D eigenvalue weighted by molar-refractivity contribution is 6.13. The molecule has 0 fully saturated rings. The molecule has 2 aromatic carbocycles. The number of nitro groups is 1. The van der Waals surface area contributed by atoms with Crippen LogP contribution in [0.3, 0.4) is 0 Å². The summed E-state index contributed by atoms with van der Waals surface area (Å²) in [6.07, 6.45) is 0.601. The fraction of sp³-hybridized carbons (Fsp3) is 0.350. The monoisotopic (exact) mass is 472 g/mol. The van der Waals surface area contributed by atoms with E-state index >= 15 is 0 Å². The minimum Gasteiger partial charge on any atom is -0.633 e. The number of pyridine rings is 1. The number of nitrogens with zero attached hydrogens (tertiary/aromatic N) is 3. The predicted octanol–water partition coefficient (Wildman–Crippen LogP) is 4.53. The molecule has 9 nitrogen and oxygen atoms in total. The summed E-state index contributed by atoms with van der Waals surface area (Å²) < 4.78 is 10.5. The Morgan fingerprint density at radius 2 is 1.71 bits per heavy atom. The van der Waals surface area contributed by atoms with Crippen LogP contribution in [0.4, 0.5) is 11.4 Å². The molecule has 3 aromatic rings. The molecule has 0 aliphatic rings. The highest BCUT2D eigenvalue weighted by atomic mass is 35.5. The number of halogens is 2. The van der Waals surface area contributed by atoms with E-state index in [1.54, 1.807) is 27.3 Å². The number of hydrogen-bond acceptors (Lipinski definition) is 7. The number of anilines is 1. The number of hydrogen-bond donors (Lipinski definition) is 1. The number of quaternary nitrogens is 1. The first-order chi connectivity index (χ1) is 13.8. The molecule has 170 valence electrons. The van der Waals surface area contributed by atoms with Gasteiger partial charge >= 0.3 is 0 Å². The van der Waals surface area contributed by atoms with E-state index in [0.29, 0.717) is 58.5 Å². The number of hydroxylamine groups is 3. The van der Waals surface area contributed by atoms with Gasteiger partial charge in [0, 0.05) is 24.4 Å². The van der Waals surface area contributed by atoms with Crippen molar-refractivity contribution < 1.29 is 19.0 Å². The van der Waals surface area contributed by atoms with Gasteiger partial charge in [0.25, 0.3) is 5.69 Å². The summed E-state index contributed by atoms with van der Waals surface area (Å²) in [4.78, 5) is 15.9. The van der Waals surface area contributed by atoms with Gasteiger partial charge in [-0.15, -0.1) is 24.8 Å². The summed E-state index contributed by atoms with van der Waals surface area (Å²) in [7, 11) is 6.21. The van der Waals surface area contributed by atoms with Gasteiger partial charge in [0.2, 0.25) is 0 Å². The highest BCUT2D eigenvalue weighted by Gasteiger charge is 2.23. The van der Waals surface area contributed by atoms with E-state index in [2.05, 4.69) is 10.3 Å². The van der Waals surface area contributed by atoms with Crippen LogP contribution in [0.25, 0.3) is 21.8 Å². The lowest BCUT2D eigenvalue weighted by Gasteiger charge is -2.33. The molecule has 1 N–H and O–H groups in total. The van der Waals surface area contributed by atoms with Crippen LogP contribution in [0.5, 0.6) is 11.5 Å². The first kappa shape index (κ1) is 26.4. The molecule has 0 radical (unpaired) electrons. The highest BCUT2D eigenvalue weighted by Crippen LogP contribution is 2.42. The second kappa shape index (κ2) is 10.6. The van der Waals surface area contributed by atoms with Crippen molar-refractivity contribution >= 4 is 58.0 Å². The Balaban J connectivity index is 0.00000240. The molecule has 31 heavy (non-hydrogen) atoms. The van der Waals surface area contributed by atoms with E-state index in [4.69, 9.17) is 9.47 Å². The van der Waals surface area contributed by atoms with Gasteiger partial charge < -0.3 is 24.6 Å². The fourth-order valence-corrected chi connectivity index (χ4v) is 3.34. The lowest BCUT2D eigenvalue weighted by Crippen LogP contribution is -2.34. The quantitative estimate of drug-likeness (QED) is 0.168. The van der Waals surface area contributed by atoms with Gasteiger partial charge in [-0.25, -0.2) is 4.98 Å². The van der Waals surface area contributed by atoms with Crippen LogP contribution in [0.1, 0.15) is 6.42 Å². The number of para-hydroxylation sites is 1. The van der Waals surface area contributed by atoms with E-state index in [-0.39, 0.29) is 30.5 Å². The molecule has 0 unspecified atom stereocenters. The summed E-state index contributed by atoms with van der Waals surface area (Å²) in [5.74, 6) is 0.984. The Morgan fingerprint density at radius 3 is 2.29 bits per heavy atom. The largest absolute Gasteiger partial charge is 0.633 e. The third-order valence-electron chi connectivity index (χ3n) is 4.67. The molecule has 1 heterocycles. The SMILES string of the molecule is COc1cccc2c(NCCC[N+](C)(C)[O-])c3c([N+](=O)[O-])ccc(OC)c3nc12.Cl.Cl. The van der Waals surface area contributed by atoms with Crippen molar-refractivity contribution in [2.45, 2.75) is 6.42 Å². The number of non-ortho nitro benzene ring substituents is 1. The van der Waals surface area contributed by atoms with Gasteiger partial charge in [0.05, 0.1) is 45.5 Å². The summed E-state index contributed by atoms with van der Waals surface area (Å²) in [6, 6.07) is 8.38. The standard InChI is InChI=1S/C20H24N4O5.2ClH/c1-24(2,27)12-6-11-21-19-13-7-5-8-15(28-3)18(13)22-20-16(29-4)10-9-14(17(19)20)23(25)26;;/h5,7-10H,6,11-12H2,1-4H3,(H,21,22);2*1H. The number of ether oxygens (including phenoxy) is 2. The maximum atomic E-state index is 11.8. The number of fused-ring (bicyclic) bond motifs is 2. The van der Waals surface area contributed by atoms with Crippen LogP contribution in [0.2, 0.25) is 0 Å². The molecule has 0 atom stereocenters. The van der Waals surface area contributed by atoms with Crippen molar-refractivity contribution in [3.8, 4) is 11.5 Å². The van der Waals surface area contributed by atoms with Gasteiger partial charge in [-0.1, -0.05) is 12.1 Å². The number of nitro benzene ring substituents is 1. The van der Waals surface area contributed by atoms with Gasteiger partial charge in [-0.3, -0.25) is 10.1 Å². The molecule has 11 heteroatoms. The van der Waals surface area contributed by atoms with Crippen LogP contribution in [0, 0.1) is 15.3 Å². The summed E-state index contributed by atoms with van der Waals surface area (Å²) >= 11 is 0. The van der Waals surface area contributed by atoms with Crippen molar-refractivity contribution in [2.75, 3.05) is 46.7 Å². The summed E-state index contributed by atoms with van der Waals surface area (Å²) in [5.41, 5.74) is 1.45. The van der Waals surface area contributed by atoms with Gasteiger partial charge in [-0.2, -0.15) is 0 Å². The molecule has 3 rings (SSSR count). The number of aromatic nitrogens is 1. The first-order valence-electron chi connectivity index (χ1n) is 9.16. The molecule has 0 saturated carbocycles. The maximum Gasteiger partial charge on any atom is 0.281 e. The van der Waals surface area contributed by atoms with Crippen molar-refractivity contribution in [3.63, 3.8) is 0 Å². The van der Waals surface area contributed by atoms with E-state index in [0.717, 1.165) is 0 Å². The predicted molar refractivity (Wildman–Crippen MR) is 127 cm³/mol. The molecular formula is C20H26Cl2N4O5.